The van der Waals surface area contributed by atoms with Crippen LogP contribution in [0.25, 0.3) is 0 Å². The van der Waals surface area contributed by atoms with Crippen LogP contribution in [0.15, 0.2) is 48.5 Å². The first-order chi connectivity index (χ1) is 9.33. The van der Waals surface area contributed by atoms with E-state index in [4.69, 9.17) is 0 Å². The molecule has 0 amide bonds. The summed E-state index contributed by atoms with van der Waals surface area (Å²) in [5, 5.41) is 3.49. The maximum absolute atomic E-state index is 3.49. The number of benzene rings is 2. The summed E-state index contributed by atoms with van der Waals surface area (Å²) >= 11 is 0. The standard InChI is InChI=1S/C17H20N2/c1-14-5-4-6-15(11-14)13-19-10-9-18-12-16-7-2-3-8-17(16)19/h2-8,11,18H,9-10,12-13H2,1H3. The molecule has 1 aliphatic rings. The lowest BCUT2D eigenvalue weighted by Gasteiger charge is -2.24. The van der Waals surface area contributed by atoms with Crippen LogP contribution in [-0.2, 0) is 13.1 Å². The molecule has 1 heterocycles. The van der Waals surface area contributed by atoms with Crippen molar-refractivity contribution >= 4 is 5.69 Å². The average molecular weight is 252 g/mol. The van der Waals surface area contributed by atoms with Gasteiger partial charge >= 0.3 is 0 Å². The Bertz CT molecular complexity index is 563. The number of nitrogens with zero attached hydrogens (tertiary/aromatic N) is 1. The topological polar surface area (TPSA) is 15.3 Å². The molecule has 0 unspecified atom stereocenters. The van der Waals surface area contributed by atoms with Crippen molar-refractivity contribution in [2.45, 2.75) is 20.0 Å². The Balaban J connectivity index is 1.88. The Morgan fingerprint density at radius 1 is 1.11 bits per heavy atom. The van der Waals surface area contributed by atoms with Gasteiger partial charge in [0.1, 0.15) is 0 Å². The molecule has 0 radical (unpaired) electrons. The van der Waals surface area contributed by atoms with E-state index in [0.717, 1.165) is 26.2 Å². The summed E-state index contributed by atoms with van der Waals surface area (Å²) in [6.07, 6.45) is 0. The van der Waals surface area contributed by atoms with E-state index in [2.05, 4.69) is 65.7 Å². The highest BCUT2D eigenvalue weighted by molar-refractivity contribution is 5.54. The molecule has 2 nitrogen and oxygen atoms in total. The third-order valence-electron chi connectivity index (χ3n) is 3.66. The van der Waals surface area contributed by atoms with Gasteiger partial charge in [-0.1, -0.05) is 48.0 Å². The smallest absolute Gasteiger partial charge is 0.0430 e. The molecule has 0 fully saturated rings. The van der Waals surface area contributed by atoms with Gasteiger partial charge in [0.2, 0.25) is 0 Å². The van der Waals surface area contributed by atoms with Crippen molar-refractivity contribution in [2.24, 2.45) is 0 Å². The summed E-state index contributed by atoms with van der Waals surface area (Å²) in [5.74, 6) is 0. The van der Waals surface area contributed by atoms with Gasteiger partial charge in [0, 0.05) is 31.9 Å². The monoisotopic (exact) mass is 252 g/mol. The number of fused-ring (bicyclic) bond motifs is 1. The Hall–Kier alpha value is -1.80. The van der Waals surface area contributed by atoms with Crippen LogP contribution in [0.3, 0.4) is 0 Å². The Kier molecular flexibility index (Phi) is 3.51. The van der Waals surface area contributed by atoms with Gasteiger partial charge in [0.15, 0.2) is 0 Å². The number of nitrogens with one attached hydrogen (secondary N) is 1. The maximum Gasteiger partial charge on any atom is 0.0430 e. The summed E-state index contributed by atoms with van der Waals surface area (Å²) < 4.78 is 0. The highest BCUT2D eigenvalue weighted by Crippen LogP contribution is 2.23. The fourth-order valence-corrected chi connectivity index (χ4v) is 2.72. The van der Waals surface area contributed by atoms with Gasteiger partial charge in [-0.15, -0.1) is 0 Å². The van der Waals surface area contributed by atoms with Crippen LogP contribution in [0.5, 0.6) is 0 Å². The predicted molar refractivity (Wildman–Crippen MR) is 80.4 cm³/mol. The van der Waals surface area contributed by atoms with Gasteiger partial charge in [-0.25, -0.2) is 0 Å². The molecule has 0 saturated heterocycles. The zero-order valence-corrected chi connectivity index (χ0v) is 11.4. The molecule has 19 heavy (non-hydrogen) atoms. The van der Waals surface area contributed by atoms with E-state index in [1.165, 1.54) is 22.4 Å². The molecule has 1 N–H and O–H groups in total. The number of aryl methyl sites for hydroxylation is 1. The van der Waals surface area contributed by atoms with Gasteiger partial charge in [-0.3, -0.25) is 0 Å². The zero-order chi connectivity index (χ0) is 13.1. The Morgan fingerprint density at radius 3 is 2.89 bits per heavy atom. The molecule has 2 heteroatoms. The number of para-hydroxylation sites is 1. The van der Waals surface area contributed by atoms with Gasteiger partial charge < -0.3 is 10.2 Å². The fourth-order valence-electron chi connectivity index (χ4n) is 2.72. The molecule has 0 aromatic heterocycles. The number of hydrogen-bond donors (Lipinski definition) is 1. The van der Waals surface area contributed by atoms with Crippen LogP contribution >= 0.6 is 0 Å². The van der Waals surface area contributed by atoms with Crippen LogP contribution in [0, 0.1) is 6.92 Å². The minimum Gasteiger partial charge on any atom is -0.366 e. The van der Waals surface area contributed by atoms with Crippen molar-refractivity contribution in [3.8, 4) is 0 Å². The molecular formula is C17H20N2. The van der Waals surface area contributed by atoms with Crippen molar-refractivity contribution < 1.29 is 0 Å². The third-order valence-corrected chi connectivity index (χ3v) is 3.66. The molecule has 1 aliphatic heterocycles. The predicted octanol–water partition coefficient (Wildman–Crippen LogP) is 3.10. The average Bonchev–Trinajstić information content (AvgIpc) is 2.62. The minimum absolute atomic E-state index is 0.973. The van der Waals surface area contributed by atoms with E-state index in [9.17, 15) is 0 Å². The van der Waals surface area contributed by atoms with E-state index in [1.807, 2.05) is 0 Å². The first-order valence-electron chi connectivity index (χ1n) is 6.92. The number of hydrogen-bond acceptors (Lipinski definition) is 2. The van der Waals surface area contributed by atoms with E-state index < -0.39 is 0 Å². The molecule has 2 aromatic rings. The van der Waals surface area contributed by atoms with Crippen molar-refractivity contribution in [3.63, 3.8) is 0 Å². The second-order valence-corrected chi connectivity index (χ2v) is 5.22. The second kappa shape index (κ2) is 5.45. The summed E-state index contributed by atoms with van der Waals surface area (Å²) in [5.41, 5.74) is 5.48. The number of rotatable bonds is 2. The highest BCUT2D eigenvalue weighted by Gasteiger charge is 2.14. The van der Waals surface area contributed by atoms with E-state index in [0.29, 0.717) is 0 Å². The highest BCUT2D eigenvalue weighted by atomic mass is 15.2. The van der Waals surface area contributed by atoms with Crippen LogP contribution in [0.2, 0.25) is 0 Å². The number of anilines is 1. The minimum atomic E-state index is 0.973. The maximum atomic E-state index is 3.49. The molecule has 3 rings (SSSR count). The zero-order valence-electron chi connectivity index (χ0n) is 11.4. The lowest BCUT2D eigenvalue weighted by molar-refractivity contribution is 0.688. The second-order valence-electron chi connectivity index (χ2n) is 5.22. The van der Waals surface area contributed by atoms with Gasteiger partial charge in [-0.2, -0.15) is 0 Å². The van der Waals surface area contributed by atoms with E-state index >= 15 is 0 Å². The van der Waals surface area contributed by atoms with Crippen molar-refractivity contribution in [2.75, 3.05) is 18.0 Å². The van der Waals surface area contributed by atoms with Crippen LogP contribution in [0.4, 0.5) is 5.69 Å². The summed E-state index contributed by atoms with van der Waals surface area (Å²) in [6, 6.07) is 17.5. The molecule has 0 saturated carbocycles. The SMILES string of the molecule is Cc1cccc(CN2CCNCc3ccccc32)c1. The van der Waals surface area contributed by atoms with E-state index in [1.54, 1.807) is 0 Å². The van der Waals surface area contributed by atoms with Gasteiger partial charge in [0.25, 0.3) is 0 Å². The lowest BCUT2D eigenvalue weighted by Crippen LogP contribution is -2.28. The Morgan fingerprint density at radius 2 is 2.00 bits per heavy atom. The summed E-state index contributed by atoms with van der Waals surface area (Å²) in [7, 11) is 0. The van der Waals surface area contributed by atoms with Gasteiger partial charge in [-0.05, 0) is 24.1 Å². The van der Waals surface area contributed by atoms with Crippen LogP contribution in [0.1, 0.15) is 16.7 Å². The van der Waals surface area contributed by atoms with Crippen molar-refractivity contribution in [1.29, 1.82) is 0 Å². The molecule has 0 aliphatic carbocycles. The normalized spacial score (nSPS) is 14.9. The van der Waals surface area contributed by atoms with Gasteiger partial charge in [0.05, 0.1) is 0 Å². The van der Waals surface area contributed by atoms with Crippen LogP contribution < -0.4 is 10.2 Å². The molecule has 2 aromatic carbocycles. The third kappa shape index (κ3) is 2.79. The van der Waals surface area contributed by atoms with Crippen molar-refractivity contribution in [3.05, 3.63) is 65.2 Å². The molecule has 0 atom stereocenters. The summed E-state index contributed by atoms with van der Waals surface area (Å²) in [4.78, 5) is 2.48. The summed E-state index contributed by atoms with van der Waals surface area (Å²) in [6.45, 7) is 6.22. The first-order valence-corrected chi connectivity index (χ1v) is 6.92. The van der Waals surface area contributed by atoms with E-state index in [-0.39, 0.29) is 0 Å². The van der Waals surface area contributed by atoms with Crippen molar-refractivity contribution in [1.82, 2.24) is 5.32 Å². The molecular weight excluding hydrogens is 232 g/mol. The lowest BCUT2D eigenvalue weighted by atomic mass is 10.1. The largest absolute Gasteiger partial charge is 0.366 e. The quantitative estimate of drug-likeness (QED) is 0.883. The first kappa shape index (κ1) is 12.2. The fraction of sp³-hybridized carbons (Fsp3) is 0.294. The van der Waals surface area contributed by atoms with Crippen LogP contribution in [-0.4, -0.2) is 13.1 Å². The molecule has 98 valence electrons. The molecule has 0 bridgehead atoms. The molecule has 0 spiro atoms. The Labute approximate surface area is 115 Å².